The second-order valence-electron chi connectivity index (χ2n) is 7.60. The monoisotopic (exact) mass is 383 g/mol. The maximum absolute atomic E-state index is 5.89. The molecule has 0 fully saturated rings. The molecule has 5 nitrogen and oxygen atoms in total. The molecule has 154 valence electrons. The van der Waals surface area contributed by atoms with Crippen molar-refractivity contribution in [2.75, 3.05) is 18.4 Å². The largest absolute Gasteiger partial charge is 0.401 e. The number of unbranched alkanes of at least 4 members (excludes halogenated alkanes) is 1. The first-order valence-electron chi connectivity index (χ1n) is 10.5. The zero-order valence-corrected chi connectivity index (χ0v) is 17.4. The second kappa shape index (κ2) is 11.4. The van der Waals surface area contributed by atoms with Crippen molar-refractivity contribution < 1.29 is 0 Å². The normalized spacial score (nSPS) is 13.8. The lowest BCUT2D eigenvalue weighted by atomic mass is 10.1. The fourth-order valence-electron chi connectivity index (χ4n) is 3.33. The number of rotatable bonds is 13. The zero-order chi connectivity index (χ0) is 20.4. The van der Waals surface area contributed by atoms with E-state index >= 15 is 0 Å². The van der Waals surface area contributed by atoms with Crippen molar-refractivity contribution in [1.82, 2.24) is 15.6 Å². The van der Waals surface area contributed by atoms with E-state index in [1.165, 1.54) is 17.7 Å². The Morgan fingerprint density at radius 2 is 2.07 bits per heavy atom. The fraction of sp³-hybridized carbons (Fsp3) is 0.522. The summed E-state index contributed by atoms with van der Waals surface area (Å²) < 4.78 is 0. The van der Waals surface area contributed by atoms with E-state index < -0.39 is 0 Å². The molecule has 1 aliphatic heterocycles. The molecule has 0 spiro atoms. The van der Waals surface area contributed by atoms with Crippen molar-refractivity contribution in [2.24, 2.45) is 5.73 Å². The minimum atomic E-state index is 0.0523. The SMILES string of the molecule is C=C(CCCCc1ccc2c(n1)NCCC2)NCCC(NC(=C)CC)C(=C)N. The predicted molar refractivity (Wildman–Crippen MR) is 120 cm³/mol. The first kappa shape index (κ1) is 21.9. The number of hydrogen-bond donors (Lipinski definition) is 4. The van der Waals surface area contributed by atoms with Crippen molar-refractivity contribution in [3.8, 4) is 0 Å². The van der Waals surface area contributed by atoms with E-state index in [2.05, 4.69) is 54.7 Å². The summed E-state index contributed by atoms with van der Waals surface area (Å²) in [6, 6.07) is 4.46. The van der Waals surface area contributed by atoms with Gasteiger partial charge in [-0.25, -0.2) is 4.98 Å². The quantitative estimate of drug-likeness (QED) is 0.387. The molecule has 1 aromatic rings. The number of nitrogens with one attached hydrogen (secondary N) is 3. The van der Waals surface area contributed by atoms with E-state index in [1.807, 2.05) is 0 Å². The molecule has 1 aliphatic rings. The second-order valence-corrected chi connectivity index (χ2v) is 7.60. The predicted octanol–water partition coefficient (Wildman–Crippen LogP) is 4.00. The van der Waals surface area contributed by atoms with Gasteiger partial charge in [0.15, 0.2) is 0 Å². The lowest BCUT2D eigenvalue weighted by Crippen LogP contribution is -2.35. The van der Waals surface area contributed by atoms with Crippen LogP contribution in [0.5, 0.6) is 0 Å². The van der Waals surface area contributed by atoms with Crippen molar-refractivity contribution in [3.05, 3.63) is 60.2 Å². The van der Waals surface area contributed by atoms with Gasteiger partial charge in [0.1, 0.15) is 5.82 Å². The van der Waals surface area contributed by atoms with Crippen LogP contribution in [0.4, 0.5) is 5.82 Å². The van der Waals surface area contributed by atoms with Gasteiger partial charge in [-0.1, -0.05) is 32.7 Å². The van der Waals surface area contributed by atoms with Gasteiger partial charge in [0, 0.05) is 35.9 Å². The van der Waals surface area contributed by atoms with Gasteiger partial charge in [0.25, 0.3) is 0 Å². The molecule has 0 bridgehead atoms. The molecular formula is C23H37N5. The summed E-state index contributed by atoms with van der Waals surface area (Å²) in [4.78, 5) is 4.76. The molecule has 2 rings (SSSR count). The molecule has 28 heavy (non-hydrogen) atoms. The number of nitrogens with two attached hydrogens (primary N) is 1. The lowest BCUT2D eigenvalue weighted by molar-refractivity contribution is 0.553. The standard InChI is InChI=1S/C23H37N5/c1-5-17(2)27-22(19(4)24)14-16-25-18(3)9-6-7-11-21-13-12-20-10-8-15-26-23(20)28-21/h12-13,22,25,27H,2-11,14-16,24H2,1H3,(H,26,28). The maximum Gasteiger partial charge on any atom is 0.129 e. The van der Waals surface area contributed by atoms with Crippen LogP contribution in [0.15, 0.2) is 49.0 Å². The molecule has 0 radical (unpaired) electrons. The van der Waals surface area contributed by atoms with Gasteiger partial charge < -0.3 is 21.7 Å². The van der Waals surface area contributed by atoms with Crippen LogP contribution >= 0.6 is 0 Å². The van der Waals surface area contributed by atoms with Crippen LogP contribution in [0.25, 0.3) is 0 Å². The Morgan fingerprint density at radius 3 is 2.82 bits per heavy atom. The number of hydrogen-bond acceptors (Lipinski definition) is 5. The Morgan fingerprint density at radius 1 is 1.25 bits per heavy atom. The van der Waals surface area contributed by atoms with E-state index in [4.69, 9.17) is 10.7 Å². The summed E-state index contributed by atoms with van der Waals surface area (Å²) in [6.07, 6.45) is 8.31. The van der Waals surface area contributed by atoms with Gasteiger partial charge in [0.05, 0.1) is 6.04 Å². The van der Waals surface area contributed by atoms with Crippen LogP contribution in [0.2, 0.25) is 0 Å². The van der Waals surface area contributed by atoms with Gasteiger partial charge in [-0.3, -0.25) is 0 Å². The first-order valence-corrected chi connectivity index (χ1v) is 10.5. The molecule has 1 atom stereocenters. The Bertz CT molecular complexity index is 680. The minimum absolute atomic E-state index is 0.0523. The van der Waals surface area contributed by atoms with Crippen LogP contribution in [-0.4, -0.2) is 24.1 Å². The van der Waals surface area contributed by atoms with Crippen LogP contribution in [-0.2, 0) is 12.8 Å². The average Bonchev–Trinajstić information content (AvgIpc) is 2.70. The smallest absolute Gasteiger partial charge is 0.129 e. The summed E-state index contributed by atoms with van der Waals surface area (Å²) in [5.41, 5.74) is 11.1. The number of pyridine rings is 1. The third-order valence-corrected chi connectivity index (χ3v) is 5.17. The molecule has 0 amide bonds. The summed E-state index contributed by atoms with van der Waals surface area (Å²) in [5.74, 6) is 1.09. The molecule has 0 aromatic carbocycles. The topological polar surface area (TPSA) is 75.0 Å². The number of nitrogens with zero attached hydrogens (tertiary/aromatic N) is 1. The highest BCUT2D eigenvalue weighted by atomic mass is 15.0. The molecule has 5 N–H and O–H groups in total. The van der Waals surface area contributed by atoms with E-state index in [9.17, 15) is 0 Å². The lowest BCUT2D eigenvalue weighted by Gasteiger charge is -2.21. The zero-order valence-electron chi connectivity index (χ0n) is 17.4. The van der Waals surface area contributed by atoms with Crippen LogP contribution in [0, 0.1) is 0 Å². The van der Waals surface area contributed by atoms with E-state index in [0.717, 1.165) is 75.2 Å². The highest BCUT2D eigenvalue weighted by Crippen LogP contribution is 2.20. The highest BCUT2D eigenvalue weighted by molar-refractivity contribution is 5.46. The molecule has 0 saturated heterocycles. The summed E-state index contributed by atoms with van der Waals surface area (Å²) in [7, 11) is 0. The fourth-order valence-corrected chi connectivity index (χ4v) is 3.33. The molecule has 1 unspecified atom stereocenters. The van der Waals surface area contributed by atoms with Gasteiger partial charge in [-0.2, -0.15) is 0 Å². The highest BCUT2D eigenvalue weighted by Gasteiger charge is 2.11. The average molecular weight is 384 g/mol. The summed E-state index contributed by atoms with van der Waals surface area (Å²) >= 11 is 0. The molecule has 1 aromatic heterocycles. The van der Waals surface area contributed by atoms with Gasteiger partial charge in [-0.05, 0) is 63.0 Å². The van der Waals surface area contributed by atoms with E-state index in [-0.39, 0.29) is 6.04 Å². The summed E-state index contributed by atoms with van der Waals surface area (Å²) in [6.45, 7) is 15.9. The van der Waals surface area contributed by atoms with Crippen LogP contribution in [0.1, 0.15) is 56.7 Å². The number of anilines is 1. The Kier molecular flexibility index (Phi) is 8.92. The summed E-state index contributed by atoms with van der Waals surface area (Å²) in [5, 5.41) is 10.1. The van der Waals surface area contributed by atoms with Gasteiger partial charge in [0.2, 0.25) is 0 Å². The molecule has 0 saturated carbocycles. The number of aromatic nitrogens is 1. The maximum atomic E-state index is 5.89. The van der Waals surface area contributed by atoms with Crippen molar-refractivity contribution >= 4 is 5.82 Å². The van der Waals surface area contributed by atoms with Gasteiger partial charge >= 0.3 is 0 Å². The number of allylic oxidation sites excluding steroid dienone is 2. The van der Waals surface area contributed by atoms with Crippen molar-refractivity contribution in [1.29, 1.82) is 0 Å². The van der Waals surface area contributed by atoms with Crippen molar-refractivity contribution in [2.45, 2.75) is 64.3 Å². The Labute approximate surface area is 170 Å². The van der Waals surface area contributed by atoms with E-state index in [0.29, 0.717) is 5.70 Å². The third kappa shape index (κ3) is 7.29. The molecule has 0 aliphatic carbocycles. The number of aryl methyl sites for hydroxylation is 2. The van der Waals surface area contributed by atoms with Crippen molar-refractivity contribution in [3.63, 3.8) is 0 Å². The molecule has 5 heteroatoms. The van der Waals surface area contributed by atoms with E-state index in [1.54, 1.807) is 0 Å². The molecular weight excluding hydrogens is 346 g/mol. The van der Waals surface area contributed by atoms with Gasteiger partial charge in [-0.15, -0.1) is 0 Å². The third-order valence-electron chi connectivity index (χ3n) is 5.17. The minimum Gasteiger partial charge on any atom is -0.401 e. The molecule has 2 heterocycles. The Hall–Kier alpha value is -2.43. The first-order chi connectivity index (χ1) is 13.5. The number of fused-ring (bicyclic) bond motifs is 1. The Balaban J connectivity index is 1.62. The van der Waals surface area contributed by atoms with Crippen LogP contribution in [0.3, 0.4) is 0 Å². The van der Waals surface area contributed by atoms with Crippen LogP contribution < -0.4 is 21.7 Å².